The van der Waals surface area contributed by atoms with Crippen molar-refractivity contribution in [1.82, 2.24) is 20.1 Å². The van der Waals surface area contributed by atoms with E-state index in [1.807, 2.05) is 48.5 Å². The number of hydrogen-bond donors (Lipinski definition) is 2. The molecule has 5 rings (SSSR count). The van der Waals surface area contributed by atoms with E-state index in [0.717, 1.165) is 29.3 Å². The van der Waals surface area contributed by atoms with Gasteiger partial charge in [0.15, 0.2) is 0 Å². The first-order valence-corrected chi connectivity index (χ1v) is 12.3. The maximum absolute atomic E-state index is 12.8. The Hall–Kier alpha value is -3.36. The van der Waals surface area contributed by atoms with Gasteiger partial charge in [0.1, 0.15) is 5.82 Å². The van der Waals surface area contributed by atoms with E-state index in [2.05, 4.69) is 20.7 Å². The maximum Gasteiger partial charge on any atom is 0.252 e. The lowest BCUT2D eigenvalue weighted by atomic mass is 10.1. The normalized spacial score (nSPS) is 13.1. The topological polar surface area (TPSA) is 88.9 Å². The number of benzene rings is 2. The molecular weight excluding hydrogens is 470 g/mol. The lowest BCUT2D eigenvalue weighted by molar-refractivity contribution is -0.113. The Balaban J connectivity index is 1.27. The fraction of sp³-hybridized carbons (Fsp3) is 0.200. The minimum atomic E-state index is -0.190. The van der Waals surface area contributed by atoms with Gasteiger partial charge in [0.2, 0.25) is 5.91 Å². The number of carbonyl (C=O) groups is 2. The van der Waals surface area contributed by atoms with E-state index in [9.17, 15) is 9.59 Å². The zero-order chi connectivity index (χ0) is 23.5. The van der Waals surface area contributed by atoms with Crippen LogP contribution in [0, 0.1) is 0 Å². The van der Waals surface area contributed by atoms with Gasteiger partial charge in [-0.05, 0) is 36.6 Å². The van der Waals surface area contributed by atoms with Crippen LogP contribution in [0.3, 0.4) is 0 Å². The summed E-state index contributed by atoms with van der Waals surface area (Å²) in [5.74, 6) is 0.439. The molecule has 1 saturated carbocycles. The summed E-state index contributed by atoms with van der Waals surface area (Å²) in [5, 5.41) is 12.3. The first kappa shape index (κ1) is 22.4. The van der Waals surface area contributed by atoms with Crippen molar-refractivity contribution in [2.75, 3.05) is 11.1 Å². The number of thioether (sulfide) groups is 1. The molecule has 2 N–H and O–H groups in total. The lowest BCUT2D eigenvalue weighted by Gasteiger charge is -2.11. The predicted octanol–water partition coefficient (Wildman–Crippen LogP) is 4.76. The number of amides is 2. The Labute approximate surface area is 205 Å². The number of para-hydroxylation sites is 1. The molecule has 2 aromatic heterocycles. The molecule has 2 amide bonds. The Morgan fingerprint density at radius 1 is 1.09 bits per heavy atom. The molecule has 1 fully saturated rings. The molecule has 2 heterocycles. The second-order valence-corrected chi connectivity index (χ2v) is 9.48. The number of anilines is 1. The number of fused-ring (bicyclic) bond motifs is 1. The average Bonchev–Trinajstić information content (AvgIpc) is 3.56. The molecule has 34 heavy (non-hydrogen) atoms. The summed E-state index contributed by atoms with van der Waals surface area (Å²) in [7, 11) is 0. The summed E-state index contributed by atoms with van der Waals surface area (Å²) >= 11 is 7.55. The zero-order valence-electron chi connectivity index (χ0n) is 18.2. The summed E-state index contributed by atoms with van der Waals surface area (Å²) in [6.07, 6.45) is 3.67. The highest BCUT2D eigenvalue weighted by Gasteiger charge is 2.25. The van der Waals surface area contributed by atoms with Crippen LogP contribution in [0.4, 0.5) is 5.82 Å². The molecular formula is C25H22ClN5O2S. The van der Waals surface area contributed by atoms with Crippen molar-refractivity contribution in [3.8, 4) is 0 Å². The lowest BCUT2D eigenvalue weighted by Crippen LogP contribution is -2.25. The van der Waals surface area contributed by atoms with Gasteiger partial charge >= 0.3 is 0 Å². The molecule has 4 aromatic rings. The predicted molar refractivity (Wildman–Crippen MR) is 134 cm³/mol. The van der Waals surface area contributed by atoms with Gasteiger partial charge in [-0.15, -0.1) is 0 Å². The van der Waals surface area contributed by atoms with Crippen LogP contribution in [0.1, 0.15) is 28.8 Å². The molecule has 0 bridgehead atoms. The molecule has 172 valence electrons. The highest BCUT2D eigenvalue weighted by Crippen LogP contribution is 2.26. The van der Waals surface area contributed by atoms with Crippen LogP contribution in [0.15, 0.2) is 71.9 Å². The second kappa shape index (κ2) is 9.87. The van der Waals surface area contributed by atoms with Crippen LogP contribution in [0.2, 0.25) is 5.02 Å². The monoisotopic (exact) mass is 491 g/mol. The molecule has 1 aliphatic rings. The highest BCUT2D eigenvalue weighted by molar-refractivity contribution is 7.99. The van der Waals surface area contributed by atoms with Crippen molar-refractivity contribution in [3.63, 3.8) is 0 Å². The first-order chi connectivity index (χ1) is 16.6. The van der Waals surface area contributed by atoms with Gasteiger partial charge in [0, 0.05) is 22.5 Å². The van der Waals surface area contributed by atoms with Crippen LogP contribution < -0.4 is 10.6 Å². The van der Waals surface area contributed by atoms with Gasteiger partial charge < -0.3 is 10.6 Å². The zero-order valence-corrected chi connectivity index (χ0v) is 19.8. The van der Waals surface area contributed by atoms with Crippen LogP contribution >= 0.6 is 23.4 Å². The Bertz CT molecular complexity index is 1370. The molecule has 0 radical (unpaired) electrons. The molecule has 0 spiro atoms. The van der Waals surface area contributed by atoms with Gasteiger partial charge in [0.25, 0.3) is 5.91 Å². The van der Waals surface area contributed by atoms with Crippen LogP contribution in [-0.4, -0.2) is 38.4 Å². The summed E-state index contributed by atoms with van der Waals surface area (Å²) in [6.45, 7) is 0.446. The van der Waals surface area contributed by atoms with Crippen molar-refractivity contribution in [2.45, 2.75) is 30.5 Å². The Kier molecular flexibility index (Phi) is 6.51. The SMILES string of the molecule is O=C(CSc1cc(C(=O)NC2CC2)c2ccccc2n1)Nc1ccnn1Cc1ccccc1Cl. The number of hydrogen-bond acceptors (Lipinski definition) is 5. The Morgan fingerprint density at radius 3 is 2.71 bits per heavy atom. The number of nitrogens with one attached hydrogen (secondary N) is 2. The van der Waals surface area contributed by atoms with Crippen LogP contribution in [0.25, 0.3) is 10.9 Å². The summed E-state index contributed by atoms with van der Waals surface area (Å²) in [6, 6.07) is 18.9. The fourth-order valence-corrected chi connectivity index (χ4v) is 4.49. The third-order valence-corrected chi connectivity index (χ3v) is 6.74. The third-order valence-electron chi connectivity index (χ3n) is 5.46. The highest BCUT2D eigenvalue weighted by atomic mass is 35.5. The standard InChI is InChI=1S/C25H22ClN5O2S/c26-20-7-3-1-5-16(20)14-31-22(11-12-27-31)30-23(32)15-34-24-13-19(25(33)28-17-9-10-17)18-6-2-4-8-21(18)29-24/h1-8,11-13,17H,9-10,14-15H2,(H,28,33)(H,30,32). The average molecular weight is 492 g/mol. The molecule has 2 aromatic carbocycles. The van der Waals surface area contributed by atoms with Crippen molar-refractivity contribution < 1.29 is 9.59 Å². The number of pyridine rings is 1. The maximum atomic E-state index is 12.8. The smallest absolute Gasteiger partial charge is 0.252 e. The number of nitrogens with zero attached hydrogens (tertiary/aromatic N) is 3. The van der Waals surface area contributed by atoms with Gasteiger partial charge in [-0.25, -0.2) is 9.67 Å². The van der Waals surface area contributed by atoms with E-state index < -0.39 is 0 Å². The number of rotatable bonds is 8. The Morgan fingerprint density at radius 2 is 1.88 bits per heavy atom. The van der Waals surface area contributed by atoms with Gasteiger partial charge in [-0.3, -0.25) is 9.59 Å². The van der Waals surface area contributed by atoms with E-state index in [-0.39, 0.29) is 23.6 Å². The first-order valence-electron chi connectivity index (χ1n) is 11.0. The molecule has 7 nitrogen and oxygen atoms in total. The van der Waals surface area contributed by atoms with Crippen molar-refractivity contribution in [3.05, 3.63) is 83.0 Å². The fourth-order valence-electron chi connectivity index (χ4n) is 3.57. The number of halogens is 1. The van der Waals surface area contributed by atoms with Crippen LogP contribution in [-0.2, 0) is 11.3 Å². The van der Waals surface area contributed by atoms with E-state index in [1.54, 1.807) is 23.0 Å². The summed E-state index contributed by atoms with van der Waals surface area (Å²) in [5.41, 5.74) is 2.22. The van der Waals surface area contributed by atoms with Gasteiger partial charge in [0.05, 0.1) is 34.6 Å². The quantitative estimate of drug-likeness (QED) is 0.347. The van der Waals surface area contributed by atoms with Gasteiger partial charge in [-0.1, -0.05) is 59.8 Å². The minimum absolute atomic E-state index is 0.101. The van der Waals surface area contributed by atoms with E-state index >= 15 is 0 Å². The van der Waals surface area contributed by atoms with Crippen molar-refractivity contribution in [2.24, 2.45) is 0 Å². The van der Waals surface area contributed by atoms with Crippen molar-refractivity contribution in [1.29, 1.82) is 0 Å². The number of carbonyl (C=O) groups excluding carboxylic acids is 2. The summed E-state index contributed by atoms with van der Waals surface area (Å²) < 4.78 is 1.69. The molecule has 0 atom stereocenters. The second-order valence-electron chi connectivity index (χ2n) is 8.08. The third kappa shape index (κ3) is 5.24. The molecule has 1 aliphatic carbocycles. The molecule has 0 unspecified atom stereocenters. The van der Waals surface area contributed by atoms with E-state index in [0.29, 0.717) is 28.0 Å². The summed E-state index contributed by atoms with van der Waals surface area (Å²) in [4.78, 5) is 30.1. The number of aromatic nitrogens is 3. The van der Waals surface area contributed by atoms with E-state index in [1.165, 1.54) is 11.8 Å². The molecule has 0 saturated heterocycles. The van der Waals surface area contributed by atoms with Crippen LogP contribution in [0.5, 0.6) is 0 Å². The van der Waals surface area contributed by atoms with E-state index in [4.69, 9.17) is 11.6 Å². The van der Waals surface area contributed by atoms with Gasteiger partial charge in [-0.2, -0.15) is 5.10 Å². The van der Waals surface area contributed by atoms with Crippen molar-refractivity contribution >= 4 is 51.9 Å². The largest absolute Gasteiger partial charge is 0.349 e. The minimum Gasteiger partial charge on any atom is -0.349 e. The molecule has 9 heteroatoms. The molecule has 0 aliphatic heterocycles.